The van der Waals surface area contributed by atoms with Gasteiger partial charge in [0.15, 0.2) is 5.78 Å². The van der Waals surface area contributed by atoms with Crippen LogP contribution in [0.4, 0.5) is 0 Å². The summed E-state index contributed by atoms with van der Waals surface area (Å²) in [5, 5.41) is 1.06. The van der Waals surface area contributed by atoms with Gasteiger partial charge < -0.3 is 4.98 Å². The van der Waals surface area contributed by atoms with Crippen LogP contribution in [0.15, 0.2) is 54.7 Å². The molecule has 0 radical (unpaired) electrons. The summed E-state index contributed by atoms with van der Waals surface area (Å²) in [7, 11) is 0. The van der Waals surface area contributed by atoms with Crippen molar-refractivity contribution in [2.24, 2.45) is 0 Å². The van der Waals surface area contributed by atoms with Crippen molar-refractivity contribution in [3.63, 3.8) is 0 Å². The molecule has 88 valence electrons. The number of hydrogen-bond donors (Lipinski definition) is 1. The van der Waals surface area contributed by atoms with Crippen LogP contribution >= 0.6 is 0 Å². The first-order valence-electron chi connectivity index (χ1n) is 5.93. The summed E-state index contributed by atoms with van der Waals surface area (Å²) < 4.78 is 0. The van der Waals surface area contributed by atoms with Crippen molar-refractivity contribution in [2.45, 2.75) is 6.92 Å². The van der Waals surface area contributed by atoms with Crippen molar-refractivity contribution in [1.82, 2.24) is 4.98 Å². The number of H-pyrrole nitrogens is 1. The van der Waals surface area contributed by atoms with Crippen LogP contribution < -0.4 is 0 Å². The Bertz CT molecular complexity index is 725. The first kappa shape index (κ1) is 10.8. The topological polar surface area (TPSA) is 32.9 Å². The van der Waals surface area contributed by atoms with E-state index in [1.807, 2.05) is 61.7 Å². The second kappa shape index (κ2) is 4.15. The molecule has 1 aromatic heterocycles. The fourth-order valence-corrected chi connectivity index (χ4v) is 2.22. The Morgan fingerprint density at radius 3 is 2.72 bits per heavy atom. The summed E-state index contributed by atoms with van der Waals surface area (Å²) in [5.41, 5.74) is 3.46. The zero-order chi connectivity index (χ0) is 12.5. The fraction of sp³-hybridized carbons (Fsp3) is 0.0625. The van der Waals surface area contributed by atoms with Crippen molar-refractivity contribution >= 4 is 16.7 Å². The molecule has 1 heterocycles. The van der Waals surface area contributed by atoms with Gasteiger partial charge >= 0.3 is 0 Å². The van der Waals surface area contributed by atoms with E-state index in [9.17, 15) is 4.79 Å². The molecule has 0 aliphatic rings. The molecule has 0 atom stereocenters. The number of aromatic nitrogens is 1. The van der Waals surface area contributed by atoms with Gasteiger partial charge in [0.25, 0.3) is 0 Å². The number of carbonyl (C=O) groups excluding carboxylic acids is 1. The molecule has 1 N–H and O–H groups in total. The third-order valence-electron chi connectivity index (χ3n) is 3.11. The van der Waals surface area contributed by atoms with E-state index in [0.717, 1.165) is 27.6 Å². The van der Waals surface area contributed by atoms with E-state index in [-0.39, 0.29) is 5.78 Å². The quantitative estimate of drug-likeness (QED) is 0.675. The number of rotatable bonds is 2. The number of benzene rings is 2. The van der Waals surface area contributed by atoms with Crippen molar-refractivity contribution in [2.75, 3.05) is 0 Å². The van der Waals surface area contributed by atoms with Gasteiger partial charge in [0.2, 0.25) is 0 Å². The molecule has 0 aliphatic heterocycles. The lowest BCUT2D eigenvalue weighted by atomic mass is 10.00. The van der Waals surface area contributed by atoms with E-state index in [0.29, 0.717) is 0 Å². The highest BCUT2D eigenvalue weighted by molar-refractivity contribution is 6.15. The Labute approximate surface area is 105 Å². The van der Waals surface area contributed by atoms with Gasteiger partial charge in [-0.3, -0.25) is 4.79 Å². The van der Waals surface area contributed by atoms with Crippen LogP contribution in [0.3, 0.4) is 0 Å². The zero-order valence-corrected chi connectivity index (χ0v) is 10.1. The van der Waals surface area contributed by atoms with Gasteiger partial charge in [0.1, 0.15) is 0 Å². The number of para-hydroxylation sites is 1. The van der Waals surface area contributed by atoms with Crippen molar-refractivity contribution < 1.29 is 4.79 Å². The molecule has 0 aliphatic carbocycles. The van der Waals surface area contributed by atoms with Crippen LogP contribution in [-0.2, 0) is 0 Å². The Hall–Kier alpha value is -2.35. The molecule has 0 saturated carbocycles. The third-order valence-corrected chi connectivity index (χ3v) is 3.11. The molecule has 0 unspecified atom stereocenters. The normalized spacial score (nSPS) is 10.7. The summed E-state index contributed by atoms with van der Waals surface area (Å²) in [4.78, 5) is 15.6. The Balaban J connectivity index is 2.15. The maximum atomic E-state index is 12.5. The molecule has 3 rings (SSSR count). The van der Waals surface area contributed by atoms with Gasteiger partial charge in [-0.05, 0) is 25.1 Å². The molecule has 0 bridgehead atoms. The fourth-order valence-electron chi connectivity index (χ4n) is 2.22. The average molecular weight is 235 g/mol. The Kier molecular flexibility index (Phi) is 2.49. The largest absolute Gasteiger partial charge is 0.361 e. The van der Waals surface area contributed by atoms with Gasteiger partial charge in [-0.1, -0.05) is 35.9 Å². The summed E-state index contributed by atoms with van der Waals surface area (Å²) in [6, 6.07) is 15.4. The minimum absolute atomic E-state index is 0.0618. The van der Waals surface area contributed by atoms with Gasteiger partial charge in [-0.15, -0.1) is 0 Å². The minimum Gasteiger partial charge on any atom is -0.361 e. The third kappa shape index (κ3) is 1.72. The zero-order valence-electron chi connectivity index (χ0n) is 10.1. The van der Waals surface area contributed by atoms with Gasteiger partial charge in [0, 0.05) is 22.7 Å². The predicted octanol–water partition coefficient (Wildman–Crippen LogP) is 3.71. The van der Waals surface area contributed by atoms with Crippen LogP contribution in [-0.4, -0.2) is 10.8 Å². The lowest BCUT2D eigenvalue weighted by Crippen LogP contribution is -2.02. The molecule has 0 fully saturated rings. The van der Waals surface area contributed by atoms with Crippen LogP contribution in [0.5, 0.6) is 0 Å². The maximum absolute atomic E-state index is 12.5. The minimum atomic E-state index is 0.0618. The van der Waals surface area contributed by atoms with Crippen molar-refractivity contribution in [1.29, 1.82) is 0 Å². The number of carbonyl (C=O) groups is 1. The summed E-state index contributed by atoms with van der Waals surface area (Å²) in [6.45, 7) is 1.99. The smallest absolute Gasteiger partial charge is 0.195 e. The van der Waals surface area contributed by atoms with E-state index >= 15 is 0 Å². The molecule has 2 nitrogen and oxygen atoms in total. The second-order valence-corrected chi connectivity index (χ2v) is 4.45. The lowest BCUT2D eigenvalue weighted by molar-refractivity contribution is 0.104. The predicted molar refractivity (Wildman–Crippen MR) is 72.9 cm³/mol. The molecule has 2 heteroatoms. The van der Waals surface area contributed by atoms with E-state index in [2.05, 4.69) is 4.98 Å². The first-order chi connectivity index (χ1) is 8.75. The monoisotopic (exact) mass is 235 g/mol. The molecule has 2 aromatic carbocycles. The Morgan fingerprint density at radius 1 is 1.06 bits per heavy atom. The molecule has 3 aromatic rings. The van der Waals surface area contributed by atoms with Crippen LogP contribution in [0.25, 0.3) is 10.9 Å². The first-order valence-corrected chi connectivity index (χ1v) is 5.93. The maximum Gasteiger partial charge on any atom is 0.195 e. The van der Waals surface area contributed by atoms with E-state index < -0.39 is 0 Å². The summed E-state index contributed by atoms with van der Waals surface area (Å²) in [5.74, 6) is 0.0618. The highest BCUT2D eigenvalue weighted by atomic mass is 16.1. The number of hydrogen-bond acceptors (Lipinski definition) is 1. The molecular weight excluding hydrogens is 222 g/mol. The van der Waals surface area contributed by atoms with Gasteiger partial charge in [-0.25, -0.2) is 0 Å². The number of fused-ring (bicyclic) bond motifs is 1. The summed E-state index contributed by atoms with van der Waals surface area (Å²) >= 11 is 0. The average Bonchev–Trinajstić information content (AvgIpc) is 2.86. The number of aryl methyl sites for hydroxylation is 1. The lowest BCUT2D eigenvalue weighted by Gasteiger charge is -2.04. The number of nitrogens with one attached hydrogen (secondary N) is 1. The van der Waals surface area contributed by atoms with Crippen molar-refractivity contribution in [3.05, 3.63) is 71.4 Å². The number of aromatic amines is 1. The summed E-state index contributed by atoms with van der Waals surface area (Å²) in [6.07, 6.45) is 1.86. The van der Waals surface area contributed by atoms with Crippen LogP contribution in [0, 0.1) is 6.92 Å². The molecule has 0 amide bonds. The number of ketones is 1. The highest BCUT2D eigenvalue weighted by Crippen LogP contribution is 2.20. The molecule has 0 saturated heterocycles. The second-order valence-electron chi connectivity index (χ2n) is 4.45. The van der Waals surface area contributed by atoms with E-state index in [1.165, 1.54) is 0 Å². The highest BCUT2D eigenvalue weighted by Gasteiger charge is 2.12. The van der Waals surface area contributed by atoms with Crippen LogP contribution in [0.2, 0.25) is 0 Å². The van der Waals surface area contributed by atoms with Crippen LogP contribution in [0.1, 0.15) is 21.5 Å². The van der Waals surface area contributed by atoms with Crippen molar-refractivity contribution in [3.8, 4) is 0 Å². The van der Waals surface area contributed by atoms with E-state index in [4.69, 9.17) is 0 Å². The van der Waals surface area contributed by atoms with E-state index in [1.54, 1.807) is 0 Å². The van der Waals surface area contributed by atoms with Gasteiger partial charge in [-0.2, -0.15) is 0 Å². The Morgan fingerprint density at radius 2 is 1.89 bits per heavy atom. The molecule has 0 spiro atoms. The molecular formula is C16H13NO. The SMILES string of the molecule is Cc1cccc(C(=O)c2cccc3cc[nH]c23)c1. The van der Waals surface area contributed by atoms with Gasteiger partial charge in [0.05, 0.1) is 5.52 Å². The standard InChI is InChI=1S/C16H13NO/c1-11-4-2-6-13(10-11)16(18)14-7-3-5-12-8-9-17-15(12)14/h2-10,17H,1H3. The molecule has 18 heavy (non-hydrogen) atoms.